The molecule has 1 saturated heterocycles. The monoisotopic (exact) mass is 510 g/mol. The van der Waals surface area contributed by atoms with E-state index in [-0.39, 0.29) is 10.9 Å². The molecule has 0 bridgehead atoms. The van der Waals surface area contributed by atoms with Crippen molar-refractivity contribution in [3.8, 4) is 16.9 Å². The Hall–Kier alpha value is -2.59. The lowest BCUT2D eigenvalue weighted by Gasteiger charge is -2.17. The molecule has 34 heavy (non-hydrogen) atoms. The number of hydrogen-bond acceptors (Lipinski definition) is 4. The number of nitrogens with zero attached hydrogens (tertiary/aromatic N) is 1. The molecule has 0 amide bonds. The summed E-state index contributed by atoms with van der Waals surface area (Å²) in [6, 6.07) is 19.8. The van der Waals surface area contributed by atoms with Crippen LogP contribution in [-0.4, -0.2) is 38.8 Å². The van der Waals surface area contributed by atoms with E-state index in [1.165, 1.54) is 12.1 Å². The average molecular weight is 511 g/mol. The SMILES string of the molecule is O=S(=O)(N[C@@H]1CCN(Cc2ccc(-c3ccc(Cl)cc3)cc2)C1)c1cccc(OC(F)(F)F)c1. The fraction of sp³-hybridized carbons (Fsp3) is 0.250. The molecule has 0 radical (unpaired) electrons. The summed E-state index contributed by atoms with van der Waals surface area (Å²) in [5.74, 6) is -0.578. The van der Waals surface area contributed by atoms with Crippen LogP contribution in [0.4, 0.5) is 13.2 Å². The van der Waals surface area contributed by atoms with Gasteiger partial charge in [-0.05, 0) is 47.4 Å². The maximum Gasteiger partial charge on any atom is 0.573 e. The highest BCUT2D eigenvalue weighted by Crippen LogP contribution is 2.26. The van der Waals surface area contributed by atoms with Crippen LogP contribution in [-0.2, 0) is 16.6 Å². The minimum Gasteiger partial charge on any atom is -0.406 e. The van der Waals surface area contributed by atoms with Gasteiger partial charge in [0.05, 0.1) is 4.90 Å². The number of hydrogen-bond donors (Lipinski definition) is 1. The molecular weight excluding hydrogens is 489 g/mol. The van der Waals surface area contributed by atoms with Crippen LogP contribution in [0, 0.1) is 0 Å². The van der Waals surface area contributed by atoms with Crippen molar-refractivity contribution in [1.29, 1.82) is 0 Å². The summed E-state index contributed by atoms with van der Waals surface area (Å²) >= 11 is 5.94. The minimum absolute atomic E-state index is 0.273. The van der Waals surface area contributed by atoms with Crippen LogP contribution >= 0.6 is 11.6 Å². The van der Waals surface area contributed by atoms with E-state index in [1.54, 1.807) is 0 Å². The molecule has 10 heteroatoms. The zero-order chi connectivity index (χ0) is 24.3. The number of rotatable bonds is 7. The van der Waals surface area contributed by atoms with Gasteiger partial charge in [0.15, 0.2) is 0 Å². The molecule has 3 aromatic carbocycles. The summed E-state index contributed by atoms with van der Waals surface area (Å²) in [5, 5.41) is 0.682. The molecule has 0 saturated carbocycles. The van der Waals surface area contributed by atoms with Crippen molar-refractivity contribution in [2.24, 2.45) is 0 Å². The number of ether oxygens (including phenoxy) is 1. The molecule has 0 aromatic heterocycles. The van der Waals surface area contributed by atoms with Gasteiger partial charge in [0.1, 0.15) is 5.75 Å². The number of sulfonamides is 1. The normalized spacial score (nSPS) is 17.1. The zero-order valence-electron chi connectivity index (χ0n) is 17.9. The molecule has 0 aliphatic carbocycles. The quantitative estimate of drug-likeness (QED) is 0.458. The smallest absolute Gasteiger partial charge is 0.406 e. The van der Waals surface area contributed by atoms with Crippen LogP contribution in [0.2, 0.25) is 5.02 Å². The fourth-order valence-corrected chi connectivity index (χ4v) is 5.32. The maximum absolute atomic E-state index is 12.7. The summed E-state index contributed by atoms with van der Waals surface area (Å²) in [4.78, 5) is 1.86. The molecule has 1 heterocycles. The van der Waals surface area contributed by atoms with E-state index >= 15 is 0 Å². The van der Waals surface area contributed by atoms with Crippen molar-refractivity contribution in [3.05, 3.63) is 83.4 Å². The highest BCUT2D eigenvalue weighted by Gasteiger charge is 2.32. The lowest BCUT2D eigenvalue weighted by Crippen LogP contribution is -2.37. The van der Waals surface area contributed by atoms with Gasteiger partial charge >= 0.3 is 6.36 Å². The van der Waals surface area contributed by atoms with Gasteiger partial charge in [-0.3, -0.25) is 4.90 Å². The molecule has 0 spiro atoms. The van der Waals surface area contributed by atoms with Crippen molar-refractivity contribution in [2.45, 2.75) is 30.3 Å². The van der Waals surface area contributed by atoms with Gasteiger partial charge in [-0.2, -0.15) is 0 Å². The van der Waals surface area contributed by atoms with E-state index in [0.717, 1.165) is 28.8 Å². The van der Waals surface area contributed by atoms with Crippen LogP contribution in [0.1, 0.15) is 12.0 Å². The molecule has 3 aromatic rings. The fourth-order valence-electron chi connectivity index (χ4n) is 3.90. The Balaban J connectivity index is 1.34. The summed E-state index contributed by atoms with van der Waals surface area (Å²) in [7, 11) is -3.99. The molecule has 1 aliphatic heterocycles. The second kappa shape index (κ2) is 9.95. The van der Waals surface area contributed by atoms with Crippen LogP contribution in [0.15, 0.2) is 77.7 Å². The first-order valence-corrected chi connectivity index (χ1v) is 12.4. The summed E-state index contributed by atoms with van der Waals surface area (Å²) in [6.45, 7) is 1.86. The Kier molecular flexibility index (Phi) is 7.18. The van der Waals surface area contributed by atoms with E-state index in [4.69, 9.17) is 11.6 Å². The second-order valence-electron chi connectivity index (χ2n) is 8.07. The Morgan fingerprint density at radius 1 is 1.00 bits per heavy atom. The second-order valence-corrected chi connectivity index (χ2v) is 10.2. The van der Waals surface area contributed by atoms with Gasteiger partial charge < -0.3 is 4.74 Å². The molecule has 5 nitrogen and oxygen atoms in total. The van der Waals surface area contributed by atoms with Gasteiger partial charge in [-0.25, -0.2) is 13.1 Å². The highest BCUT2D eigenvalue weighted by atomic mass is 35.5. The lowest BCUT2D eigenvalue weighted by molar-refractivity contribution is -0.274. The largest absolute Gasteiger partial charge is 0.573 e. The third-order valence-electron chi connectivity index (χ3n) is 5.48. The van der Waals surface area contributed by atoms with E-state index in [2.05, 4.69) is 14.4 Å². The highest BCUT2D eigenvalue weighted by molar-refractivity contribution is 7.89. The van der Waals surface area contributed by atoms with E-state index < -0.39 is 22.1 Å². The number of halogens is 4. The third kappa shape index (κ3) is 6.50. The Morgan fingerprint density at radius 3 is 2.29 bits per heavy atom. The number of benzene rings is 3. The van der Waals surface area contributed by atoms with Crippen LogP contribution < -0.4 is 9.46 Å². The Morgan fingerprint density at radius 2 is 1.65 bits per heavy atom. The zero-order valence-corrected chi connectivity index (χ0v) is 19.5. The Bertz CT molecular complexity index is 1230. The molecule has 180 valence electrons. The van der Waals surface area contributed by atoms with Gasteiger partial charge in [0, 0.05) is 36.8 Å². The first kappa shape index (κ1) is 24.5. The van der Waals surface area contributed by atoms with Crippen LogP contribution in [0.3, 0.4) is 0 Å². The van der Waals surface area contributed by atoms with Crippen LogP contribution in [0.5, 0.6) is 5.75 Å². The summed E-state index contributed by atoms with van der Waals surface area (Å²) in [5.41, 5.74) is 3.23. The molecule has 0 unspecified atom stereocenters. The third-order valence-corrected chi connectivity index (χ3v) is 7.25. The van der Waals surface area contributed by atoms with Crippen molar-refractivity contribution in [3.63, 3.8) is 0 Å². The van der Waals surface area contributed by atoms with Crippen molar-refractivity contribution >= 4 is 21.6 Å². The van der Waals surface area contributed by atoms with Crippen molar-refractivity contribution in [1.82, 2.24) is 9.62 Å². The topological polar surface area (TPSA) is 58.6 Å². The molecular formula is C24H22ClF3N2O3S. The first-order chi connectivity index (χ1) is 16.1. The first-order valence-electron chi connectivity index (χ1n) is 10.5. The summed E-state index contributed by atoms with van der Waals surface area (Å²) in [6.07, 6.45) is -4.30. The minimum atomic E-state index is -4.89. The molecule has 4 rings (SSSR count). The standard InChI is InChI=1S/C24H22ClF3N2O3S/c25-20-10-8-19(9-11-20)18-6-4-17(5-7-18)15-30-13-12-21(16-30)29-34(31,32)23-3-1-2-22(14-23)33-24(26,27)28/h1-11,14,21,29H,12-13,15-16H2/t21-/m1/s1. The molecule has 1 aliphatic rings. The predicted molar refractivity (Wildman–Crippen MR) is 124 cm³/mol. The number of likely N-dealkylation sites (tertiary alicyclic amines) is 1. The average Bonchev–Trinajstić information content (AvgIpc) is 3.20. The van der Waals surface area contributed by atoms with Crippen molar-refractivity contribution in [2.75, 3.05) is 13.1 Å². The maximum atomic E-state index is 12.7. The van der Waals surface area contributed by atoms with E-state index in [1.807, 2.05) is 48.5 Å². The molecule has 1 fully saturated rings. The number of nitrogens with one attached hydrogen (secondary N) is 1. The lowest BCUT2D eigenvalue weighted by atomic mass is 10.0. The van der Waals surface area contributed by atoms with Gasteiger partial charge in [-0.15, -0.1) is 13.2 Å². The number of alkyl halides is 3. The van der Waals surface area contributed by atoms with Gasteiger partial charge in [-0.1, -0.05) is 54.1 Å². The van der Waals surface area contributed by atoms with E-state index in [9.17, 15) is 21.6 Å². The molecule has 1 N–H and O–H groups in total. The van der Waals surface area contributed by atoms with Gasteiger partial charge in [0.2, 0.25) is 10.0 Å². The Labute approximate surface area is 201 Å². The van der Waals surface area contributed by atoms with E-state index in [0.29, 0.717) is 31.1 Å². The molecule has 1 atom stereocenters. The van der Waals surface area contributed by atoms with Gasteiger partial charge in [0.25, 0.3) is 0 Å². The van der Waals surface area contributed by atoms with Crippen molar-refractivity contribution < 1.29 is 26.3 Å². The predicted octanol–water partition coefficient (Wildman–Crippen LogP) is 5.46. The summed E-state index contributed by atoms with van der Waals surface area (Å²) < 4.78 is 69.1. The van der Waals surface area contributed by atoms with Crippen LogP contribution in [0.25, 0.3) is 11.1 Å².